The predicted molar refractivity (Wildman–Crippen MR) is 63.8 cm³/mol. The van der Waals surface area contributed by atoms with Gasteiger partial charge in [0.15, 0.2) is 0 Å². The maximum atomic E-state index is 5.71. The fourth-order valence-electron chi connectivity index (χ4n) is 1.73. The van der Waals surface area contributed by atoms with Gasteiger partial charge < -0.3 is 0 Å². The van der Waals surface area contributed by atoms with Gasteiger partial charge in [0.1, 0.15) is 5.82 Å². The number of hydrogen-bond acceptors (Lipinski definition) is 3. The molecule has 0 aliphatic rings. The highest BCUT2D eigenvalue weighted by molar-refractivity contribution is 5.82. The molecule has 0 aliphatic carbocycles. The van der Waals surface area contributed by atoms with Crippen molar-refractivity contribution < 1.29 is 0 Å². The normalized spacial score (nSPS) is 10.7. The van der Waals surface area contributed by atoms with E-state index in [1.54, 1.807) is 12.1 Å². The number of anilines is 1. The number of aryl methyl sites for hydroxylation is 2. The number of nitrogens with two attached hydrogens (primary N) is 1. The van der Waals surface area contributed by atoms with Crippen molar-refractivity contribution in [3.63, 3.8) is 0 Å². The zero-order valence-corrected chi connectivity index (χ0v) is 9.28. The van der Waals surface area contributed by atoms with Gasteiger partial charge in [0.25, 0.3) is 0 Å². The monoisotopic (exact) mass is 201 g/mol. The van der Waals surface area contributed by atoms with Gasteiger partial charge >= 0.3 is 0 Å². The van der Waals surface area contributed by atoms with Gasteiger partial charge in [-0.2, -0.15) is 0 Å². The van der Waals surface area contributed by atoms with Crippen LogP contribution in [0.4, 0.5) is 5.82 Å². The Morgan fingerprint density at radius 2 is 1.93 bits per heavy atom. The minimum Gasteiger partial charge on any atom is -0.298 e. The summed E-state index contributed by atoms with van der Waals surface area (Å²) >= 11 is 0. The quantitative estimate of drug-likeness (QED) is 0.568. The highest BCUT2D eigenvalue weighted by Crippen LogP contribution is 2.21. The molecular weight excluding hydrogens is 186 g/mol. The van der Waals surface area contributed by atoms with E-state index in [9.17, 15) is 0 Å². The summed E-state index contributed by atoms with van der Waals surface area (Å²) in [5.41, 5.74) is 3.30. The first-order valence-corrected chi connectivity index (χ1v) is 4.94. The molecule has 2 N–H and O–H groups in total. The summed E-state index contributed by atoms with van der Waals surface area (Å²) in [5.74, 6) is 6.54. The molecule has 0 aliphatic heterocycles. The SMILES string of the molecule is Cc1ccc2cc(C)c(N(C)N)nc2c1. The average molecular weight is 201 g/mol. The molecule has 3 nitrogen and oxygen atoms in total. The number of hydrogen-bond donors (Lipinski definition) is 1. The fourth-order valence-corrected chi connectivity index (χ4v) is 1.73. The second kappa shape index (κ2) is 3.51. The van der Waals surface area contributed by atoms with E-state index in [4.69, 9.17) is 5.84 Å². The van der Waals surface area contributed by atoms with Crippen LogP contribution in [-0.2, 0) is 0 Å². The van der Waals surface area contributed by atoms with E-state index >= 15 is 0 Å². The molecule has 0 amide bonds. The molecule has 3 heteroatoms. The summed E-state index contributed by atoms with van der Waals surface area (Å²) in [5, 5.41) is 2.71. The lowest BCUT2D eigenvalue weighted by Crippen LogP contribution is -2.26. The third-order valence-corrected chi connectivity index (χ3v) is 2.47. The topological polar surface area (TPSA) is 42.1 Å². The largest absolute Gasteiger partial charge is 0.298 e. The first kappa shape index (κ1) is 9.93. The van der Waals surface area contributed by atoms with Crippen molar-refractivity contribution in [3.05, 3.63) is 35.4 Å². The van der Waals surface area contributed by atoms with Crippen LogP contribution in [0.3, 0.4) is 0 Å². The van der Waals surface area contributed by atoms with Gasteiger partial charge in [0, 0.05) is 12.4 Å². The first-order valence-electron chi connectivity index (χ1n) is 4.94. The fraction of sp³-hybridized carbons (Fsp3) is 0.250. The number of hydrazine groups is 1. The van der Waals surface area contributed by atoms with Crippen molar-refractivity contribution >= 4 is 16.7 Å². The van der Waals surface area contributed by atoms with Crippen LogP contribution in [0.2, 0.25) is 0 Å². The Labute approximate surface area is 89.5 Å². The summed E-state index contributed by atoms with van der Waals surface area (Å²) in [7, 11) is 1.80. The van der Waals surface area contributed by atoms with E-state index in [0.717, 1.165) is 22.3 Å². The molecule has 0 bridgehead atoms. The van der Waals surface area contributed by atoms with Crippen LogP contribution >= 0.6 is 0 Å². The van der Waals surface area contributed by atoms with Gasteiger partial charge in [0.05, 0.1) is 5.52 Å². The van der Waals surface area contributed by atoms with Gasteiger partial charge in [-0.05, 0) is 37.1 Å². The van der Waals surface area contributed by atoms with Gasteiger partial charge in [-0.3, -0.25) is 5.01 Å². The molecule has 0 fully saturated rings. The molecule has 0 spiro atoms. The number of benzene rings is 1. The first-order chi connectivity index (χ1) is 7.08. The Morgan fingerprint density at radius 1 is 1.20 bits per heavy atom. The van der Waals surface area contributed by atoms with E-state index in [2.05, 4.69) is 36.2 Å². The van der Waals surface area contributed by atoms with Crippen molar-refractivity contribution in [2.45, 2.75) is 13.8 Å². The molecule has 0 saturated carbocycles. The van der Waals surface area contributed by atoms with Gasteiger partial charge in [-0.15, -0.1) is 0 Å². The lowest BCUT2D eigenvalue weighted by atomic mass is 10.1. The highest BCUT2D eigenvalue weighted by Gasteiger charge is 2.05. The molecule has 0 radical (unpaired) electrons. The number of aromatic nitrogens is 1. The summed E-state index contributed by atoms with van der Waals surface area (Å²) < 4.78 is 0. The minimum atomic E-state index is 0.827. The van der Waals surface area contributed by atoms with Crippen molar-refractivity contribution in [2.75, 3.05) is 12.1 Å². The van der Waals surface area contributed by atoms with Crippen LogP contribution < -0.4 is 10.9 Å². The molecule has 0 atom stereocenters. The summed E-state index contributed by atoms with van der Waals surface area (Å²) in [6, 6.07) is 8.36. The van der Waals surface area contributed by atoms with Crippen molar-refractivity contribution in [1.29, 1.82) is 0 Å². The molecule has 1 heterocycles. The Hall–Kier alpha value is -1.61. The van der Waals surface area contributed by atoms with Crippen LogP contribution in [0, 0.1) is 13.8 Å². The third-order valence-electron chi connectivity index (χ3n) is 2.47. The van der Waals surface area contributed by atoms with Crippen LogP contribution in [0.15, 0.2) is 24.3 Å². The number of rotatable bonds is 1. The Kier molecular flexibility index (Phi) is 2.32. The summed E-state index contributed by atoms with van der Waals surface area (Å²) in [6.07, 6.45) is 0. The van der Waals surface area contributed by atoms with Crippen molar-refractivity contribution in [3.8, 4) is 0 Å². The summed E-state index contributed by atoms with van der Waals surface area (Å²) in [4.78, 5) is 4.54. The summed E-state index contributed by atoms with van der Waals surface area (Å²) in [6.45, 7) is 4.08. The zero-order chi connectivity index (χ0) is 11.0. The molecular formula is C12H15N3. The second-order valence-corrected chi connectivity index (χ2v) is 3.94. The van der Waals surface area contributed by atoms with E-state index in [-0.39, 0.29) is 0 Å². The van der Waals surface area contributed by atoms with Crippen molar-refractivity contribution in [1.82, 2.24) is 4.98 Å². The standard InChI is InChI=1S/C12H15N3/c1-8-4-5-10-7-9(2)12(15(3)13)14-11(10)6-8/h4-7H,13H2,1-3H3. The minimum absolute atomic E-state index is 0.827. The predicted octanol–water partition coefficient (Wildman–Crippen LogP) is 2.16. The molecule has 1 aromatic heterocycles. The Morgan fingerprint density at radius 3 is 2.60 bits per heavy atom. The molecule has 0 saturated heterocycles. The van der Waals surface area contributed by atoms with Gasteiger partial charge in [-0.25, -0.2) is 10.8 Å². The van der Waals surface area contributed by atoms with E-state index < -0.39 is 0 Å². The van der Waals surface area contributed by atoms with E-state index in [1.165, 1.54) is 5.56 Å². The molecule has 0 unspecified atom stereocenters. The number of fused-ring (bicyclic) bond motifs is 1. The molecule has 15 heavy (non-hydrogen) atoms. The Balaban J connectivity index is 2.72. The Bertz CT molecular complexity index is 503. The third kappa shape index (κ3) is 1.78. The van der Waals surface area contributed by atoms with E-state index in [0.29, 0.717) is 0 Å². The van der Waals surface area contributed by atoms with Crippen LogP contribution in [0.5, 0.6) is 0 Å². The lowest BCUT2D eigenvalue weighted by molar-refractivity contribution is 0.974. The van der Waals surface area contributed by atoms with Crippen LogP contribution in [0.25, 0.3) is 10.9 Å². The highest BCUT2D eigenvalue weighted by atomic mass is 15.4. The zero-order valence-electron chi connectivity index (χ0n) is 9.28. The van der Waals surface area contributed by atoms with Crippen molar-refractivity contribution in [2.24, 2.45) is 5.84 Å². The molecule has 78 valence electrons. The maximum Gasteiger partial charge on any atom is 0.145 e. The number of pyridine rings is 1. The lowest BCUT2D eigenvalue weighted by Gasteiger charge is -2.14. The number of nitrogens with zero attached hydrogens (tertiary/aromatic N) is 2. The van der Waals surface area contributed by atoms with E-state index in [1.807, 2.05) is 6.92 Å². The van der Waals surface area contributed by atoms with Gasteiger partial charge in [0.2, 0.25) is 0 Å². The van der Waals surface area contributed by atoms with Crippen LogP contribution in [0.1, 0.15) is 11.1 Å². The average Bonchev–Trinajstić information content (AvgIpc) is 2.17. The van der Waals surface area contributed by atoms with Gasteiger partial charge in [-0.1, -0.05) is 12.1 Å². The maximum absolute atomic E-state index is 5.71. The van der Waals surface area contributed by atoms with Crippen LogP contribution in [-0.4, -0.2) is 12.0 Å². The smallest absolute Gasteiger partial charge is 0.145 e. The molecule has 1 aromatic carbocycles. The molecule has 2 aromatic rings. The second-order valence-electron chi connectivity index (χ2n) is 3.94. The molecule has 2 rings (SSSR count).